The van der Waals surface area contributed by atoms with Gasteiger partial charge in [-0.3, -0.25) is 4.79 Å². The van der Waals surface area contributed by atoms with Crippen molar-refractivity contribution in [2.24, 2.45) is 5.92 Å². The fourth-order valence-corrected chi connectivity index (χ4v) is 3.52. The molecule has 1 atom stereocenters. The first-order valence-corrected chi connectivity index (χ1v) is 9.70. The Labute approximate surface area is 170 Å². The first-order chi connectivity index (χ1) is 14.0. The minimum Gasteiger partial charge on any atom is -0.497 e. The topological polar surface area (TPSA) is 76.1 Å². The minimum absolute atomic E-state index is 0.0750. The monoisotopic (exact) mass is 388 g/mol. The second-order valence-corrected chi connectivity index (χ2v) is 7.50. The van der Waals surface area contributed by atoms with Crippen molar-refractivity contribution in [2.45, 2.75) is 26.7 Å². The van der Waals surface area contributed by atoms with Crippen molar-refractivity contribution < 1.29 is 9.53 Å². The Morgan fingerprint density at radius 3 is 2.55 bits per heavy atom. The van der Waals surface area contributed by atoms with Crippen LogP contribution < -0.4 is 15.4 Å². The van der Waals surface area contributed by atoms with Gasteiger partial charge < -0.3 is 15.4 Å². The van der Waals surface area contributed by atoms with Crippen LogP contribution in [0.5, 0.6) is 5.75 Å². The van der Waals surface area contributed by atoms with Gasteiger partial charge in [-0.2, -0.15) is 4.98 Å². The molecule has 0 saturated carbocycles. The molecule has 29 heavy (non-hydrogen) atoms. The Balaban J connectivity index is 1.74. The Kier molecular flexibility index (Phi) is 5.16. The van der Waals surface area contributed by atoms with Crippen LogP contribution in [-0.4, -0.2) is 22.9 Å². The largest absolute Gasteiger partial charge is 0.497 e. The zero-order valence-corrected chi connectivity index (χ0v) is 16.8. The van der Waals surface area contributed by atoms with Gasteiger partial charge in [0.15, 0.2) is 5.78 Å². The van der Waals surface area contributed by atoms with Gasteiger partial charge in [-0.25, -0.2) is 4.98 Å². The summed E-state index contributed by atoms with van der Waals surface area (Å²) in [5.41, 5.74) is 4.25. The van der Waals surface area contributed by atoms with Gasteiger partial charge in [-0.05, 0) is 43.5 Å². The van der Waals surface area contributed by atoms with E-state index < -0.39 is 0 Å². The van der Waals surface area contributed by atoms with Crippen LogP contribution in [0, 0.1) is 12.8 Å². The van der Waals surface area contributed by atoms with Crippen LogP contribution in [0.4, 0.5) is 23.1 Å². The molecule has 3 aromatic rings. The van der Waals surface area contributed by atoms with Gasteiger partial charge in [-0.15, -0.1) is 0 Å². The third-order valence-electron chi connectivity index (χ3n) is 4.98. The second-order valence-electron chi connectivity index (χ2n) is 7.50. The van der Waals surface area contributed by atoms with Gasteiger partial charge in [0.25, 0.3) is 0 Å². The quantitative estimate of drug-likeness (QED) is 0.637. The Morgan fingerprint density at radius 2 is 1.79 bits per heavy atom. The summed E-state index contributed by atoms with van der Waals surface area (Å²) in [6.07, 6.45) is 1.26. The van der Waals surface area contributed by atoms with Crippen LogP contribution in [0.1, 0.15) is 35.0 Å². The molecular weight excluding hydrogens is 364 g/mol. The molecule has 0 bridgehead atoms. The molecule has 1 aromatic heterocycles. The Bertz CT molecular complexity index is 1050. The van der Waals surface area contributed by atoms with E-state index in [1.54, 1.807) is 7.11 Å². The van der Waals surface area contributed by atoms with Gasteiger partial charge in [-0.1, -0.05) is 30.7 Å². The first-order valence-electron chi connectivity index (χ1n) is 9.70. The van der Waals surface area contributed by atoms with Crippen LogP contribution in [0.15, 0.2) is 48.5 Å². The standard InChI is InChI=1S/C23H24N4O2/c1-14-7-9-16(10-8-14)25-23-26-19-11-15(2)12-20(28)21(19)22(27-23)24-17-5-4-6-18(13-17)29-3/h4-10,13,15H,11-12H2,1-3H3,(H2,24,25,26,27). The van der Waals surface area contributed by atoms with Crippen molar-refractivity contribution in [2.75, 3.05) is 17.7 Å². The number of methoxy groups -OCH3 is 1. The molecule has 2 aromatic carbocycles. The van der Waals surface area contributed by atoms with Crippen LogP contribution >= 0.6 is 0 Å². The van der Waals surface area contributed by atoms with E-state index in [1.807, 2.05) is 55.5 Å². The summed E-state index contributed by atoms with van der Waals surface area (Å²) in [7, 11) is 1.63. The van der Waals surface area contributed by atoms with Gasteiger partial charge in [0.2, 0.25) is 5.95 Å². The van der Waals surface area contributed by atoms with Crippen LogP contribution in [0.2, 0.25) is 0 Å². The third kappa shape index (κ3) is 4.21. The summed E-state index contributed by atoms with van der Waals surface area (Å²) in [5.74, 6) is 2.07. The predicted octanol–water partition coefficient (Wildman–Crippen LogP) is 5.05. The normalized spacial score (nSPS) is 15.6. The molecule has 0 fully saturated rings. The van der Waals surface area contributed by atoms with E-state index in [0.717, 1.165) is 29.2 Å². The minimum atomic E-state index is 0.0750. The maximum Gasteiger partial charge on any atom is 0.229 e. The molecule has 6 nitrogen and oxygen atoms in total. The highest BCUT2D eigenvalue weighted by Crippen LogP contribution is 2.32. The van der Waals surface area contributed by atoms with Gasteiger partial charge >= 0.3 is 0 Å². The summed E-state index contributed by atoms with van der Waals surface area (Å²) in [5, 5.41) is 6.56. The molecule has 1 unspecified atom stereocenters. The number of aromatic nitrogens is 2. The van der Waals surface area contributed by atoms with E-state index in [-0.39, 0.29) is 11.7 Å². The number of nitrogens with zero attached hydrogens (tertiary/aromatic N) is 2. The molecule has 1 aliphatic rings. The van der Waals surface area contributed by atoms with Gasteiger partial charge in [0.05, 0.1) is 18.4 Å². The van der Waals surface area contributed by atoms with Crippen molar-refractivity contribution >= 4 is 28.9 Å². The Hall–Kier alpha value is -3.41. The lowest BCUT2D eigenvalue weighted by Crippen LogP contribution is -2.22. The molecule has 1 heterocycles. The van der Waals surface area contributed by atoms with E-state index in [2.05, 4.69) is 27.5 Å². The number of fused-ring (bicyclic) bond motifs is 1. The summed E-state index contributed by atoms with van der Waals surface area (Å²) in [6, 6.07) is 15.6. The summed E-state index contributed by atoms with van der Waals surface area (Å²) in [4.78, 5) is 22.1. The van der Waals surface area contributed by atoms with E-state index in [1.165, 1.54) is 5.56 Å². The highest BCUT2D eigenvalue weighted by Gasteiger charge is 2.28. The zero-order valence-electron chi connectivity index (χ0n) is 16.8. The van der Waals surface area contributed by atoms with Crippen LogP contribution in [0.25, 0.3) is 0 Å². The number of ketones is 1. The van der Waals surface area contributed by atoms with Gasteiger partial charge in [0, 0.05) is 23.9 Å². The van der Waals surface area contributed by atoms with Crippen molar-refractivity contribution in [3.63, 3.8) is 0 Å². The molecule has 0 amide bonds. The summed E-state index contributed by atoms with van der Waals surface area (Å²) < 4.78 is 5.30. The number of hydrogen-bond acceptors (Lipinski definition) is 6. The highest BCUT2D eigenvalue weighted by molar-refractivity contribution is 6.03. The lowest BCUT2D eigenvalue weighted by atomic mass is 9.87. The molecule has 0 radical (unpaired) electrons. The number of ether oxygens (including phenoxy) is 1. The number of carbonyl (C=O) groups excluding carboxylic acids is 1. The number of Topliss-reactive ketones (excluding diaryl/α,β-unsaturated/α-hetero) is 1. The summed E-state index contributed by atoms with van der Waals surface area (Å²) in [6.45, 7) is 4.12. The predicted molar refractivity (Wildman–Crippen MR) is 115 cm³/mol. The second kappa shape index (κ2) is 7.91. The van der Waals surface area contributed by atoms with E-state index in [9.17, 15) is 4.79 Å². The van der Waals surface area contributed by atoms with E-state index in [0.29, 0.717) is 23.8 Å². The lowest BCUT2D eigenvalue weighted by molar-refractivity contribution is 0.0953. The van der Waals surface area contributed by atoms with Crippen molar-refractivity contribution in [3.8, 4) is 5.75 Å². The maximum absolute atomic E-state index is 12.8. The molecule has 1 aliphatic carbocycles. The van der Waals surface area contributed by atoms with E-state index in [4.69, 9.17) is 4.74 Å². The molecule has 148 valence electrons. The first kappa shape index (κ1) is 18.9. The highest BCUT2D eigenvalue weighted by atomic mass is 16.5. The lowest BCUT2D eigenvalue weighted by Gasteiger charge is -2.23. The number of rotatable bonds is 5. The molecule has 4 rings (SSSR count). The van der Waals surface area contributed by atoms with Crippen LogP contribution in [0.3, 0.4) is 0 Å². The summed E-state index contributed by atoms with van der Waals surface area (Å²) >= 11 is 0. The molecule has 6 heteroatoms. The Morgan fingerprint density at radius 1 is 1.00 bits per heavy atom. The number of nitrogens with one attached hydrogen (secondary N) is 2. The van der Waals surface area contributed by atoms with E-state index >= 15 is 0 Å². The van der Waals surface area contributed by atoms with Gasteiger partial charge in [0.1, 0.15) is 11.6 Å². The van der Waals surface area contributed by atoms with Crippen LogP contribution in [-0.2, 0) is 6.42 Å². The number of anilines is 4. The number of carbonyl (C=O) groups is 1. The molecule has 0 spiro atoms. The molecular formula is C23H24N4O2. The SMILES string of the molecule is COc1cccc(Nc2nc(Nc3ccc(C)cc3)nc3c2C(=O)CC(C)C3)c1. The fourth-order valence-electron chi connectivity index (χ4n) is 3.52. The average Bonchev–Trinajstić information content (AvgIpc) is 2.69. The number of hydrogen-bond donors (Lipinski definition) is 2. The smallest absolute Gasteiger partial charge is 0.229 e. The molecule has 0 saturated heterocycles. The third-order valence-corrected chi connectivity index (χ3v) is 4.98. The number of benzene rings is 2. The zero-order chi connectivity index (χ0) is 20.4. The van der Waals surface area contributed by atoms with Crippen molar-refractivity contribution in [1.29, 1.82) is 0 Å². The maximum atomic E-state index is 12.8. The van der Waals surface area contributed by atoms with Crippen molar-refractivity contribution in [1.82, 2.24) is 9.97 Å². The molecule has 2 N–H and O–H groups in total. The van der Waals surface area contributed by atoms with Crippen molar-refractivity contribution in [3.05, 3.63) is 65.4 Å². The average molecular weight is 388 g/mol. The number of aryl methyl sites for hydroxylation is 1. The fraction of sp³-hybridized carbons (Fsp3) is 0.261. The molecule has 0 aliphatic heterocycles.